The number of aliphatic hydroxyl groups is 1. The van der Waals surface area contributed by atoms with Gasteiger partial charge in [0.2, 0.25) is 0 Å². The molecule has 1 aliphatic rings. The first kappa shape index (κ1) is 19.5. The van der Waals surface area contributed by atoms with E-state index in [0.29, 0.717) is 32.5 Å². The van der Waals surface area contributed by atoms with Crippen molar-refractivity contribution in [2.75, 3.05) is 19.7 Å². The highest BCUT2D eigenvalue weighted by Crippen LogP contribution is 2.36. The van der Waals surface area contributed by atoms with Gasteiger partial charge in [0.05, 0.1) is 6.10 Å². The molecule has 0 saturated carbocycles. The number of nitrogens with zero attached hydrogens (tertiary/aromatic N) is 1. The number of carbonyl (C=O) groups is 1. The summed E-state index contributed by atoms with van der Waals surface area (Å²) >= 11 is 0. The van der Waals surface area contributed by atoms with E-state index in [2.05, 4.69) is 33.9 Å². The third kappa shape index (κ3) is 5.55. The molecule has 22 heavy (non-hydrogen) atoms. The molecule has 1 N–H and O–H groups in total. The molecular weight excluding hydrogens is 298 g/mol. The van der Waals surface area contributed by atoms with E-state index in [4.69, 9.17) is 9.16 Å². The van der Waals surface area contributed by atoms with Crippen LogP contribution in [0.4, 0.5) is 4.79 Å². The molecule has 1 heterocycles. The smallest absolute Gasteiger partial charge is 0.410 e. The maximum absolute atomic E-state index is 12.1. The number of hydrogen-bond acceptors (Lipinski definition) is 4. The topological polar surface area (TPSA) is 59.0 Å². The molecule has 0 aromatic heterocycles. The van der Waals surface area contributed by atoms with Crippen molar-refractivity contribution in [3.05, 3.63) is 0 Å². The zero-order valence-electron chi connectivity index (χ0n) is 15.2. The third-order valence-corrected chi connectivity index (χ3v) is 9.30. The lowest BCUT2D eigenvalue weighted by Crippen LogP contribution is -2.43. The van der Waals surface area contributed by atoms with Gasteiger partial charge < -0.3 is 19.2 Å². The Bertz CT molecular complexity index is 390. The predicted molar refractivity (Wildman–Crippen MR) is 90.5 cm³/mol. The van der Waals surface area contributed by atoms with Crippen molar-refractivity contribution in [2.45, 2.75) is 77.3 Å². The molecule has 0 aromatic rings. The SMILES string of the molecule is CC(C)(CCO[Si](C)(C)C(C)(C)C)OC(=O)N1CCC(O)C1. The second-order valence-corrected chi connectivity index (χ2v) is 13.2. The number of rotatable bonds is 5. The predicted octanol–water partition coefficient (Wildman–Crippen LogP) is 3.38. The normalized spacial score (nSPS) is 20.4. The molecule has 1 rings (SSSR count). The summed E-state index contributed by atoms with van der Waals surface area (Å²) in [5.41, 5.74) is -0.563. The fourth-order valence-electron chi connectivity index (χ4n) is 2.03. The van der Waals surface area contributed by atoms with Crippen LogP contribution in [-0.2, 0) is 9.16 Å². The minimum atomic E-state index is -1.76. The Morgan fingerprint density at radius 2 is 1.86 bits per heavy atom. The first-order valence-corrected chi connectivity index (χ1v) is 11.0. The molecule has 5 nitrogen and oxygen atoms in total. The molecule has 0 spiro atoms. The number of aliphatic hydroxyl groups excluding tert-OH is 1. The quantitative estimate of drug-likeness (QED) is 0.785. The monoisotopic (exact) mass is 331 g/mol. The summed E-state index contributed by atoms with van der Waals surface area (Å²) in [7, 11) is -1.76. The lowest BCUT2D eigenvalue weighted by Gasteiger charge is -2.37. The van der Waals surface area contributed by atoms with Crippen LogP contribution in [-0.4, -0.2) is 55.8 Å². The average Bonchev–Trinajstić information content (AvgIpc) is 2.73. The van der Waals surface area contributed by atoms with Crippen LogP contribution in [0.5, 0.6) is 0 Å². The van der Waals surface area contributed by atoms with Crippen LogP contribution in [0, 0.1) is 0 Å². The number of amides is 1. The highest BCUT2D eigenvalue weighted by atomic mass is 28.4. The average molecular weight is 332 g/mol. The molecule has 1 atom stereocenters. The zero-order valence-corrected chi connectivity index (χ0v) is 16.2. The van der Waals surface area contributed by atoms with E-state index >= 15 is 0 Å². The second kappa shape index (κ2) is 6.89. The van der Waals surface area contributed by atoms with Gasteiger partial charge >= 0.3 is 6.09 Å². The Kier molecular flexibility index (Phi) is 6.09. The number of hydrogen-bond donors (Lipinski definition) is 1. The Labute approximate surface area is 136 Å². The molecule has 1 fully saturated rings. The molecular formula is C16H33NO4Si. The molecule has 130 valence electrons. The number of β-amino-alcohol motifs (C(OH)–C–C–N with tert-alkyl or cyclic N) is 1. The van der Waals surface area contributed by atoms with Crippen LogP contribution in [0.2, 0.25) is 18.1 Å². The van der Waals surface area contributed by atoms with Gasteiger partial charge in [-0.05, 0) is 38.4 Å². The molecule has 0 radical (unpaired) electrons. The summed E-state index contributed by atoms with van der Waals surface area (Å²) in [6.07, 6.45) is 0.539. The van der Waals surface area contributed by atoms with E-state index < -0.39 is 20.0 Å². The summed E-state index contributed by atoms with van der Waals surface area (Å²) in [4.78, 5) is 13.7. The minimum Gasteiger partial charge on any atom is -0.443 e. The minimum absolute atomic E-state index is 0.180. The Balaban J connectivity index is 2.42. The van der Waals surface area contributed by atoms with Crippen LogP contribution in [0.15, 0.2) is 0 Å². The van der Waals surface area contributed by atoms with Gasteiger partial charge in [0.25, 0.3) is 0 Å². The van der Waals surface area contributed by atoms with Crippen molar-refractivity contribution >= 4 is 14.4 Å². The summed E-state index contributed by atoms with van der Waals surface area (Å²) in [5, 5.41) is 9.67. The van der Waals surface area contributed by atoms with Crippen molar-refractivity contribution in [3.8, 4) is 0 Å². The third-order valence-electron chi connectivity index (χ3n) is 4.76. The van der Waals surface area contributed by atoms with Crippen molar-refractivity contribution in [1.29, 1.82) is 0 Å². The van der Waals surface area contributed by atoms with E-state index in [1.165, 1.54) is 0 Å². The van der Waals surface area contributed by atoms with Crippen LogP contribution >= 0.6 is 0 Å². The first-order valence-electron chi connectivity index (χ1n) is 8.14. The van der Waals surface area contributed by atoms with Gasteiger partial charge in [-0.3, -0.25) is 0 Å². The maximum Gasteiger partial charge on any atom is 0.410 e. The standard InChI is InChI=1S/C16H33NO4Si/c1-15(2,3)22(6,7)20-11-9-16(4,5)21-14(19)17-10-8-13(18)12-17/h13,18H,8-12H2,1-7H3. The van der Waals surface area contributed by atoms with Gasteiger partial charge in [-0.25, -0.2) is 4.79 Å². The molecule has 6 heteroatoms. The fraction of sp³-hybridized carbons (Fsp3) is 0.938. The van der Waals surface area contributed by atoms with Gasteiger partial charge in [0, 0.05) is 26.1 Å². The molecule has 0 aromatic carbocycles. The molecule has 0 aliphatic carbocycles. The van der Waals surface area contributed by atoms with Crippen molar-refractivity contribution in [2.24, 2.45) is 0 Å². The lowest BCUT2D eigenvalue weighted by molar-refractivity contribution is 0.00228. The Morgan fingerprint density at radius 3 is 2.32 bits per heavy atom. The Morgan fingerprint density at radius 1 is 1.27 bits per heavy atom. The van der Waals surface area contributed by atoms with E-state index in [0.717, 1.165) is 0 Å². The highest BCUT2D eigenvalue weighted by molar-refractivity contribution is 6.74. The first-order chi connectivity index (χ1) is 9.84. The van der Waals surface area contributed by atoms with Gasteiger partial charge in [-0.15, -0.1) is 0 Å². The number of carbonyl (C=O) groups excluding carboxylic acids is 1. The highest BCUT2D eigenvalue weighted by Gasteiger charge is 2.38. The molecule has 1 aliphatic heterocycles. The van der Waals surface area contributed by atoms with Crippen molar-refractivity contribution < 1.29 is 19.1 Å². The van der Waals surface area contributed by atoms with Gasteiger partial charge in [-0.2, -0.15) is 0 Å². The zero-order chi connectivity index (χ0) is 17.2. The van der Waals surface area contributed by atoms with Crippen LogP contribution in [0.1, 0.15) is 47.5 Å². The summed E-state index contributed by atoms with van der Waals surface area (Å²) in [5.74, 6) is 0. The molecule has 1 unspecified atom stereocenters. The number of ether oxygens (including phenoxy) is 1. The van der Waals surface area contributed by atoms with E-state index in [1.54, 1.807) is 4.90 Å². The van der Waals surface area contributed by atoms with E-state index in [-0.39, 0.29) is 11.1 Å². The van der Waals surface area contributed by atoms with Crippen LogP contribution in [0.3, 0.4) is 0 Å². The van der Waals surface area contributed by atoms with Crippen molar-refractivity contribution in [1.82, 2.24) is 4.90 Å². The van der Waals surface area contributed by atoms with Gasteiger partial charge in [0.15, 0.2) is 8.32 Å². The number of likely N-dealkylation sites (tertiary alicyclic amines) is 1. The fourth-order valence-corrected chi connectivity index (χ4v) is 3.07. The van der Waals surface area contributed by atoms with E-state index in [1.807, 2.05) is 13.8 Å². The molecule has 1 amide bonds. The van der Waals surface area contributed by atoms with E-state index in [9.17, 15) is 9.90 Å². The summed E-state index contributed by atoms with van der Waals surface area (Å²) < 4.78 is 11.7. The van der Waals surface area contributed by atoms with Gasteiger partial charge in [0.1, 0.15) is 5.60 Å². The lowest BCUT2D eigenvalue weighted by atomic mass is 10.1. The maximum atomic E-state index is 12.1. The van der Waals surface area contributed by atoms with Crippen molar-refractivity contribution in [3.63, 3.8) is 0 Å². The van der Waals surface area contributed by atoms with Gasteiger partial charge in [-0.1, -0.05) is 20.8 Å². The summed E-state index contributed by atoms with van der Waals surface area (Å²) in [6.45, 7) is 16.4. The van der Waals surface area contributed by atoms with Crippen LogP contribution < -0.4 is 0 Å². The largest absolute Gasteiger partial charge is 0.443 e. The Hall–Kier alpha value is -0.593. The summed E-state index contributed by atoms with van der Waals surface area (Å²) in [6, 6.07) is 0. The molecule has 1 saturated heterocycles. The molecule has 0 bridgehead atoms. The van der Waals surface area contributed by atoms with Crippen LogP contribution in [0.25, 0.3) is 0 Å². The second-order valence-electron chi connectivity index (χ2n) is 8.37.